The molecule has 0 saturated carbocycles. The van der Waals surface area contributed by atoms with Crippen molar-refractivity contribution in [3.63, 3.8) is 0 Å². The molecule has 170 valence electrons. The summed E-state index contributed by atoms with van der Waals surface area (Å²) in [5.41, 5.74) is 5.08. The first kappa shape index (κ1) is 22.4. The van der Waals surface area contributed by atoms with E-state index in [1.807, 2.05) is 24.4 Å². The summed E-state index contributed by atoms with van der Waals surface area (Å²) >= 11 is 4.36. The summed E-state index contributed by atoms with van der Waals surface area (Å²) in [5, 5.41) is 0. The summed E-state index contributed by atoms with van der Waals surface area (Å²) in [6.07, 6.45) is 5.60. The number of imidazole rings is 1. The molecule has 6 nitrogen and oxygen atoms in total. The Labute approximate surface area is 203 Å². The van der Waals surface area contributed by atoms with Gasteiger partial charge in [0, 0.05) is 18.7 Å². The van der Waals surface area contributed by atoms with Gasteiger partial charge in [-0.1, -0.05) is 41.7 Å². The predicted octanol–water partition coefficient (Wildman–Crippen LogP) is 5.26. The van der Waals surface area contributed by atoms with Crippen LogP contribution in [0.25, 0.3) is 11.3 Å². The SMILES string of the molecule is CC(c1ccc(F)cc1)n1cncc1-c1cccc2c1CCN(S(=O)(=O)c1cnc(Br)s1)C2. The number of nitrogens with zero attached hydrogens (tertiary/aromatic N) is 4. The van der Waals surface area contributed by atoms with Gasteiger partial charge in [-0.05, 0) is 58.1 Å². The van der Waals surface area contributed by atoms with Gasteiger partial charge < -0.3 is 4.57 Å². The molecule has 1 atom stereocenters. The average Bonchev–Trinajstić information content (AvgIpc) is 3.48. The van der Waals surface area contributed by atoms with E-state index in [2.05, 4.69) is 37.4 Å². The Morgan fingerprint density at radius 1 is 1.15 bits per heavy atom. The van der Waals surface area contributed by atoms with Crippen LogP contribution >= 0.6 is 27.3 Å². The maximum Gasteiger partial charge on any atom is 0.254 e. The van der Waals surface area contributed by atoms with E-state index < -0.39 is 10.0 Å². The highest BCUT2D eigenvalue weighted by molar-refractivity contribution is 9.11. The summed E-state index contributed by atoms with van der Waals surface area (Å²) in [5.74, 6) is -0.265. The Morgan fingerprint density at radius 3 is 2.67 bits per heavy atom. The molecule has 33 heavy (non-hydrogen) atoms. The lowest BCUT2D eigenvalue weighted by atomic mass is 9.93. The van der Waals surface area contributed by atoms with Gasteiger partial charge in [0.25, 0.3) is 10.0 Å². The van der Waals surface area contributed by atoms with Crippen LogP contribution in [0.15, 0.2) is 69.3 Å². The molecule has 0 amide bonds. The normalized spacial score (nSPS) is 15.4. The van der Waals surface area contributed by atoms with Crippen LogP contribution in [0.3, 0.4) is 0 Å². The molecule has 0 saturated heterocycles. The van der Waals surface area contributed by atoms with Crippen molar-refractivity contribution < 1.29 is 12.8 Å². The molecule has 2 aromatic carbocycles. The summed E-state index contributed by atoms with van der Waals surface area (Å²) in [6, 6.07) is 12.4. The maximum atomic E-state index is 13.4. The fourth-order valence-corrected chi connectivity index (χ4v) is 7.62. The standard InChI is InChI=1S/C23H20BrFN4O2S2/c1-15(16-5-7-18(25)8-6-16)29-14-26-11-21(29)20-4-2-3-17-13-28(10-9-19(17)20)33(30,31)22-12-27-23(24)32-22/h2-8,11-12,14-15H,9-10,13H2,1H3. The van der Waals surface area contributed by atoms with E-state index in [1.54, 1.807) is 18.5 Å². The molecule has 0 aliphatic carbocycles. The molecule has 0 radical (unpaired) electrons. The number of benzene rings is 2. The Kier molecular flexibility index (Phi) is 5.94. The van der Waals surface area contributed by atoms with Crippen LogP contribution in [-0.4, -0.2) is 33.8 Å². The molecule has 10 heteroatoms. The number of sulfonamides is 1. The van der Waals surface area contributed by atoms with E-state index in [-0.39, 0.29) is 16.1 Å². The predicted molar refractivity (Wildman–Crippen MR) is 129 cm³/mol. The molecular formula is C23H20BrFN4O2S2. The third-order valence-electron chi connectivity index (χ3n) is 5.99. The number of hydrogen-bond donors (Lipinski definition) is 0. The molecule has 3 heterocycles. The molecule has 2 aromatic heterocycles. The van der Waals surface area contributed by atoms with Crippen LogP contribution in [0.2, 0.25) is 0 Å². The van der Waals surface area contributed by atoms with E-state index in [4.69, 9.17) is 0 Å². The Bertz CT molecular complexity index is 1420. The molecule has 0 spiro atoms. The zero-order valence-electron chi connectivity index (χ0n) is 17.6. The summed E-state index contributed by atoms with van der Waals surface area (Å²) < 4.78 is 43.9. The number of rotatable bonds is 5. The zero-order valence-corrected chi connectivity index (χ0v) is 20.9. The van der Waals surface area contributed by atoms with Crippen molar-refractivity contribution >= 4 is 37.3 Å². The second-order valence-electron chi connectivity index (χ2n) is 7.88. The number of thiazole rings is 1. The third-order valence-corrected chi connectivity index (χ3v) is 9.75. The molecule has 0 N–H and O–H groups in total. The van der Waals surface area contributed by atoms with Crippen molar-refractivity contribution in [2.24, 2.45) is 0 Å². The zero-order chi connectivity index (χ0) is 23.2. The van der Waals surface area contributed by atoms with Gasteiger partial charge in [0.2, 0.25) is 0 Å². The third kappa shape index (κ3) is 4.16. The first-order chi connectivity index (χ1) is 15.8. The minimum Gasteiger partial charge on any atom is -0.323 e. The molecule has 0 bridgehead atoms. The summed E-state index contributed by atoms with van der Waals surface area (Å²) in [6.45, 7) is 2.75. The number of hydrogen-bond acceptors (Lipinski definition) is 5. The van der Waals surface area contributed by atoms with E-state index in [0.717, 1.165) is 39.3 Å². The van der Waals surface area contributed by atoms with Crippen molar-refractivity contribution in [2.75, 3.05) is 6.54 Å². The van der Waals surface area contributed by atoms with Gasteiger partial charge in [-0.3, -0.25) is 0 Å². The highest BCUT2D eigenvalue weighted by Gasteiger charge is 2.31. The van der Waals surface area contributed by atoms with Gasteiger partial charge in [0.05, 0.1) is 30.5 Å². The minimum atomic E-state index is -3.60. The molecule has 4 aromatic rings. The van der Waals surface area contributed by atoms with Gasteiger partial charge in [0.1, 0.15) is 5.82 Å². The summed E-state index contributed by atoms with van der Waals surface area (Å²) in [7, 11) is -3.60. The largest absolute Gasteiger partial charge is 0.323 e. The second kappa shape index (κ2) is 8.75. The maximum absolute atomic E-state index is 13.4. The van der Waals surface area contributed by atoms with E-state index in [0.29, 0.717) is 23.4 Å². The van der Waals surface area contributed by atoms with Gasteiger partial charge in [-0.15, -0.1) is 0 Å². The second-order valence-corrected chi connectivity index (χ2v) is 12.3. The average molecular weight is 547 g/mol. The molecular weight excluding hydrogens is 527 g/mol. The van der Waals surface area contributed by atoms with Crippen LogP contribution in [0.1, 0.15) is 29.7 Å². The molecule has 1 unspecified atom stereocenters. The van der Waals surface area contributed by atoms with Crippen LogP contribution < -0.4 is 0 Å². The molecule has 5 rings (SSSR count). The van der Waals surface area contributed by atoms with Crippen molar-refractivity contribution in [2.45, 2.75) is 30.1 Å². The molecule has 1 aliphatic rings. The molecule has 1 aliphatic heterocycles. The van der Waals surface area contributed by atoms with E-state index >= 15 is 0 Å². The van der Waals surface area contributed by atoms with Gasteiger partial charge in [-0.2, -0.15) is 4.31 Å². The highest BCUT2D eigenvalue weighted by atomic mass is 79.9. The van der Waals surface area contributed by atoms with Gasteiger partial charge in [0.15, 0.2) is 8.13 Å². The Morgan fingerprint density at radius 2 is 1.94 bits per heavy atom. The Balaban J connectivity index is 1.48. The number of aromatic nitrogens is 3. The van der Waals surface area contributed by atoms with Crippen LogP contribution in [0, 0.1) is 5.82 Å². The first-order valence-electron chi connectivity index (χ1n) is 10.3. The minimum absolute atomic E-state index is 0.0378. The lowest BCUT2D eigenvalue weighted by Crippen LogP contribution is -2.35. The van der Waals surface area contributed by atoms with Crippen LogP contribution in [0.4, 0.5) is 4.39 Å². The van der Waals surface area contributed by atoms with Crippen LogP contribution in [-0.2, 0) is 23.0 Å². The lowest BCUT2D eigenvalue weighted by molar-refractivity contribution is 0.392. The molecule has 0 fully saturated rings. The fraction of sp³-hybridized carbons (Fsp3) is 0.217. The fourth-order valence-electron chi connectivity index (χ4n) is 4.24. The first-order valence-corrected chi connectivity index (χ1v) is 13.4. The van der Waals surface area contributed by atoms with E-state index in [9.17, 15) is 12.8 Å². The highest BCUT2D eigenvalue weighted by Crippen LogP contribution is 2.35. The van der Waals surface area contributed by atoms with Crippen molar-refractivity contribution in [1.29, 1.82) is 0 Å². The Hall–Kier alpha value is -2.40. The smallest absolute Gasteiger partial charge is 0.254 e. The topological polar surface area (TPSA) is 68.1 Å². The van der Waals surface area contributed by atoms with Crippen molar-refractivity contribution in [3.8, 4) is 11.3 Å². The number of fused-ring (bicyclic) bond motifs is 1. The van der Waals surface area contributed by atoms with Crippen molar-refractivity contribution in [1.82, 2.24) is 18.8 Å². The monoisotopic (exact) mass is 546 g/mol. The lowest BCUT2D eigenvalue weighted by Gasteiger charge is -2.29. The summed E-state index contributed by atoms with van der Waals surface area (Å²) in [4.78, 5) is 8.41. The number of halogens is 2. The van der Waals surface area contributed by atoms with Gasteiger partial charge >= 0.3 is 0 Å². The van der Waals surface area contributed by atoms with Gasteiger partial charge in [-0.25, -0.2) is 22.8 Å². The van der Waals surface area contributed by atoms with Crippen LogP contribution in [0.5, 0.6) is 0 Å². The van der Waals surface area contributed by atoms with Crippen molar-refractivity contribution in [3.05, 3.63) is 87.6 Å². The van der Waals surface area contributed by atoms with E-state index in [1.165, 1.54) is 22.6 Å². The quantitative estimate of drug-likeness (QED) is 0.342.